The van der Waals surface area contributed by atoms with Gasteiger partial charge in [0.2, 0.25) is 6.79 Å². The van der Waals surface area contributed by atoms with Crippen LogP contribution in [0.4, 0.5) is 10.5 Å². The van der Waals surface area contributed by atoms with E-state index >= 15 is 0 Å². The van der Waals surface area contributed by atoms with Gasteiger partial charge in [0.05, 0.1) is 0 Å². The molecule has 2 amide bonds. The third kappa shape index (κ3) is 3.33. The summed E-state index contributed by atoms with van der Waals surface area (Å²) in [6.07, 6.45) is 0. The molecule has 1 aliphatic rings. The van der Waals surface area contributed by atoms with Crippen molar-refractivity contribution in [3.63, 3.8) is 0 Å². The van der Waals surface area contributed by atoms with E-state index in [9.17, 15) is 4.79 Å². The van der Waals surface area contributed by atoms with Crippen molar-refractivity contribution in [3.8, 4) is 11.5 Å². The molecule has 5 nitrogen and oxygen atoms in total. The summed E-state index contributed by atoms with van der Waals surface area (Å²) in [5, 5.41) is 5.66. The van der Waals surface area contributed by atoms with Crippen LogP contribution in [0.5, 0.6) is 11.5 Å². The summed E-state index contributed by atoms with van der Waals surface area (Å²) in [5.41, 5.74) is 2.73. The molecule has 114 valence electrons. The first-order valence-electron chi connectivity index (χ1n) is 6.81. The van der Waals surface area contributed by atoms with Crippen molar-refractivity contribution < 1.29 is 14.3 Å². The predicted octanol–water partition coefficient (Wildman–Crippen LogP) is 3.81. The molecule has 0 aromatic heterocycles. The first kappa shape index (κ1) is 14.7. The lowest BCUT2D eigenvalue weighted by Gasteiger charge is -2.10. The standard InChI is InChI=1S/C16H15BrN2O3/c1-10-6-12(17)3-4-13(10)19-16(20)18-8-11-2-5-14-15(7-11)22-9-21-14/h2-7H,8-9H2,1H3,(H2,18,19,20). The smallest absolute Gasteiger partial charge is 0.319 e. The molecule has 0 bridgehead atoms. The number of nitrogens with one attached hydrogen (secondary N) is 2. The molecule has 0 spiro atoms. The summed E-state index contributed by atoms with van der Waals surface area (Å²) in [5.74, 6) is 1.45. The van der Waals surface area contributed by atoms with Crippen molar-refractivity contribution in [3.05, 3.63) is 52.0 Å². The monoisotopic (exact) mass is 362 g/mol. The molecule has 0 unspecified atom stereocenters. The third-order valence-corrected chi connectivity index (χ3v) is 3.82. The summed E-state index contributed by atoms with van der Waals surface area (Å²) in [4.78, 5) is 12.0. The number of anilines is 1. The minimum Gasteiger partial charge on any atom is -0.454 e. The SMILES string of the molecule is Cc1cc(Br)ccc1NC(=O)NCc1ccc2c(c1)OCO2. The number of benzene rings is 2. The van der Waals surface area contributed by atoms with Gasteiger partial charge in [-0.1, -0.05) is 22.0 Å². The highest BCUT2D eigenvalue weighted by Crippen LogP contribution is 2.32. The van der Waals surface area contributed by atoms with Gasteiger partial charge in [0.25, 0.3) is 0 Å². The lowest BCUT2D eigenvalue weighted by Crippen LogP contribution is -2.28. The number of fused-ring (bicyclic) bond motifs is 1. The highest BCUT2D eigenvalue weighted by Gasteiger charge is 2.13. The molecule has 3 rings (SSSR count). The van der Waals surface area contributed by atoms with Gasteiger partial charge in [-0.3, -0.25) is 0 Å². The highest BCUT2D eigenvalue weighted by molar-refractivity contribution is 9.10. The van der Waals surface area contributed by atoms with E-state index in [1.54, 1.807) is 0 Å². The summed E-state index contributed by atoms with van der Waals surface area (Å²) in [6, 6.07) is 11.1. The predicted molar refractivity (Wildman–Crippen MR) is 87.3 cm³/mol. The number of rotatable bonds is 3. The van der Waals surface area contributed by atoms with Crippen LogP contribution < -0.4 is 20.1 Å². The van der Waals surface area contributed by atoms with E-state index in [2.05, 4.69) is 26.6 Å². The molecule has 2 N–H and O–H groups in total. The Balaban J connectivity index is 1.58. The topological polar surface area (TPSA) is 59.6 Å². The first-order valence-corrected chi connectivity index (χ1v) is 7.60. The van der Waals surface area contributed by atoms with Crippen LogP contribution in [-0.2, 0) is 6.54 Å². The van der Waals surface area contributed by atoms with Crippen molar-refractivity contribution in [2.45, 2.75) is 13.5 Å². The van der Waals surface area contributed by atoms with Crippen LogP contribution in [0.25, 0.3) is 0 Å². The van der Waals surface area contributed by atoms with Gasteiger partial charge in [0.1, 0.15) is 0 Å². The lowest BCUT2D eigenvalue weighted by molar-refractivity contribution is 0.174. The van der Waals surface area contributed by atoms with Crippen molar-refractivity contribution in [2.24, 2.45) is 0 Å². The zero-order valence-corrected chi connectivity index (χ0v) is 13.6. The normalized spacial score (nSPS) is 12.1. The summed E-state index contributed by atoms with van der Waals surface area (Å²) < 4.78 is 11.6. The second kappa shape index (κ2) is 6.27. The maximum Gasteiger partial charge on any atom is 0.319 e. The van der Waals surface area contributed by atoms with Gasteiger partial charge >= 0.3 is 6.03 Å². The molecular weight excluding hydrogens is 348 g/mol. The minimum absolute atomic E-state index is 0.246. The number of amides is 2. The van der Waals surface area contributed by atoms with Gasteiger partial charge in [-0.2, -0.15) is 0 Å². The van der Waals surface area contributed by atoms with E-state index in [-0.39, 0.29) is 12.8 Å². The van der Waals surface area contributed by atoms with Gasteiger partial charge in [-0.05, 0) is 48.4 Å². The van der Waals surface area contributed by atoms with Crippen LogP contribution in [0.2, 0.25) is 0 Å². The fourth-order valence-corrected chi connectivity index (χ4v) is 2.64. The summed E-state index contributed by atoms with van der Waals surface area (Å²) >= 11 is 3.40. The fourth-order valence-electron chi connectivity index (χ4n) is 2.17. The molecule has 2 aromatic rings. The van der Waals surface area contributed by atoms with Crippen LogP contribution in [0.1, 0.15) is 11.1 Å². The van der Waals surface area contributed by atoms with Gasteiger partial charge < -0.3 is 20.1 Å². The van der Waals surface area contributed by atoms with Crippen molar-refractivity contribution >= 4 is 27.6 Å². The minimum atomic E-state index is -0.247. The molecule has 0 radical (unpaired) electrons. The lowest BCUT2D eigenvalue weighted by atomic mass is 10.2. The maximum absolute atomic E-state index is 12.0. The fraction of sp³-hybridized carbons (Fsp3) is 0.188. The van der Waals surface area contributed by atoms with Gasteiger partial charge in [-0.15, -0.1) is 0 Å². The van der Waals surface area contributed by atoms with Crippen LogP contribution in [0.15, 0.2) is 40.9 Å². The molecule has 6 heteroatoms. The number of halogens is 1. The Kier molecular flexibility index (Phi) is 4.20. The van der Waals surface area contributed by atoms with Crippen LogP contribution >= 0.6 is 15.9 Å². The van der Waals surface area contributed by atoms with Gasteiger partial charge in [0.15, 0.2) is 11.5 Å². The Bertz CT molecular complexity index is 719. The molecule has 2 aromatic carbocycles. The van der Waals surface area contributed by atoms with E-state index in [0.29, 0.717) is 12.3 Å². The molecule has 0 fully saturated rings. The van der Waals surface area contributed by atoms with Crippen LogP contribution in [0, 0.1) is 6.92 Å². The molecular formula is C16H15BrN2O3. The number of hydrogen-bond acceptors (Lipinski definition) is 3. The van der Waals surface area contributed by atoms with Crippen LogP contribution in [-0.4, -0.2) is 12.8 Å². The van der Waals surface area contributed by atoms with Crippen molar-refractivity contribution in [2.75, 3.05) is 12.1 Å². The molecule has 1 aliphatic heterocycles. The second-order valence-electron chi connectivity index (χ2n) is 4.95. The molecule has 22 heavy (non-hydrogen) atoms. The second-order valence-corrected chi connectivity index (χ2v) is 5.87. The van der Waals surface area contributed by atoms with E-state index in [0.717, 1.165) is 27.0 Å². The Morgan fingerprint density at radius 3 is 2.82 bits per heavy atom. The summed E-state index contributed by atoms with van der Waals surface area (Å²) in [6.45, 7) is 2.60. The van der Waals surface area contributed by atoms with E-state index in [1.165, 1.54) is 0 Å². The quantitative estimate of drug-likeness (QED) is 0.872. The number of carbonyl (C=O) groups is 1. The largest absolute Gasteiger partial charge is 0.454 e. The van der Waals surface area contributed by atoms with Gasteiger partial charge in [0, 0.05) is 16.7 Å². The number of ether oxygens (including phenoxy) is 2. The maximum atomic E-state index is 12.0. The van der Waals surface area contributed by atoms with E-state index in [1.807, 2.05) is 43.3 Å². The average molecular weight is 363 g/mol. The zero-order chi connectivity index (χ0) is 15.5. The average Bonchev–Trinajstić information content (AvgIpc) is 2.95. The highest BCUT2D eigenvalue weighted by atomic mass is 79.9. The third-order valence-electron chi connectivity index (χ3n) is 3.33. The number of urea groups is 1. The number of hydrogen-bond donors (Lipinski definition) is 2. The van der Waals surface area contributed by atoms with Crippen molar-refractivity contribution in [1.29, 1.82) is 0 Å². The molecule has 0 saturated heterocycles. The number of aryl methyl sites for hydroxylation is 1. The Hall–Kier alpha value is -2.21. The number of carbonyl (C=O) groups excluding carboxylic acids is 1. The zero-order valence-electron chi connectivity index (χ0n) is 12.0. The molecule has 0 atom stereocenters. The van der Waals surface area contributed by atoms with Crippen LogP contribution in [0.3, 0.4) is 0 Å². The molecule has 1 heterocycles. The Morgan fingerprint density at radius 1 is 1.18 bits per heavy atom. The molecule has 0 aliphatic carbocycles. The van der Waals surface area contributed by atoms with E-state index < -0.39 is 0 Å². The first-order chi connectivity index (χ1) is 10.6. The summed E-state index contributed by atoms with van der Waals surface area (Å²) in [7, 11) is 0. The van der Waals surface area contributed by atoms with Crippen molar-refractivity contribution in [1.82, 2.24) is 5.32 Å². The Labute approximate surface area is 136 Å². The molecule has 0 saturated carbocycles. The Morgan fingerprint density at radius 2 is 2.00 bits per heavy atom. The van der Waals surface area contributed by atoms with Gasteiger partial charge in [-0.25, -0.2) is 4.79 Å². The van der Waals surface area contributed by atoms with E-state index in [4.69, 9.17) is 9.47 Å².